The minimum Gasteiger partial charge on any atom is -0.356 e. The molecule has 0 fully saturated rings. The lowest BCUT2D eigenvalue weighted by atomic mass is 10.2. The van der Waals surface area contributed by atoms with Crippen LogP contribution in [0.4, 0.5) is 0 Å². The number of nitrogens with one attached hydrogen (secondary N) is 3. The predicted octanol–water partition coefficient (Wildman–Crippen LogP) is 1.30. The zero-order chi connectivity index (χ0) is 15.6. The van der Waals surface area contributed by atoms with Gasteiger partial charge < -0.3 is 10.6 Å². The molecule has 1 aromatic rings. The smallest absolute Gasteiger partial charge is 0.211 e. The molecule has 22 heavy (non-hydrogen) atoms. The standard InChI is InChI=1S/C14H24N4O2S.HI/c1-3-21(19,20)18-11-7-10-16-14(15-2)17-12-13-8-5-4-6-9-13;/h4-6,8-9,18H,3,7,10-12H2,1-2H3,(H2,15,16,17);1H. The number of halogens is 1. The van der Waals surface area contributed by atoms with Crippen LogP contribution < -0.4 is 15.4 Å². The summed E-state index contributed by atoms with van der Waals surface area (Å²) >= 11 is 0. The molecule has 1 aromatic carbocycles. The lowest BCUT2D eigenvalue weighted by Gasteiger charge is -2.12. The molecule has 0 amide bonds. The average Bonchev–Trinajstić information content (AvgIpc) is 2.51. The van der Waals surface area contributed by atoms with Crippen LogP contribution in [0, 0.1) is 0 Å². The van der Waals surface area contributed by atoms with Gasteiger partial charge in [0.15, 0.2) is 5.96 Å². The zero-order valence-electron chi connectivity index (χ0n) is 13.0. The van der Waals surface area contributed by atoms with E-state index in [-0.39, 0.29) is 29.7 Å². The molecule has 0 atom stereocenters. The summed E-state index contributed by atoms with van der Waals surface area (Å²) in [4.78, 5) is 4.12. The number of benzene rings is 1. The molecule has 0 saturated carbocycles. The number of nitrogens with zero attached hydrogens (tertiary/aromatic N) is 1. The maximum absolute atomic E-state index is 11.2. The van der Waals surface area contributed by atoms with Crippen LogP contribution in [0.2, 0.25) is 0 Å². The van der Waals surface area contributed by atoms with Gasteiger partial charge in [0.05, 0.1) is 5.75 Å². The lowest BCUT2D eigenvalue weighted by molar-refractivity contribution is 0.579. The van der Waals surface area contributed by atoms with E-state index in [1.54, 1.807) is 14.0 Å². The van der Waals surface area contributed by atoms with E-state index < -0.39 is 10.0 Å². The van der Waals surface area contributed by atoms with E-state index >= 15 is 0 Å². The van der Waals surface area contributed by atoms with Crippen LogP contribution in [-0.2, 0) is 16.6 Å². The van der Waals surface area contributed by atoms with Gasteiger partial charge in [-0.15, -0.1) is 24.0 Å². The van der Waals surface area contributed by atoms with Gasteiger partial charge in [0.1, 0.15) is 0 Å². The van der Waals surface area contributed by atoms with Gasteiger partial charge in [-0.25, -0.2) is 13.1 Å². The fraction of sp³-hybridized carbons (Fsp3) is 0.500. The van der Waals surface area contributed by atoms with Crippen LogP contribution in [0.25, 0.3) is 0 Å². The fourth-order valence-corrected chi connectivity index (χ4v) is 2.29. The highest BCUT2D eigenvalue weighted by atomic mass is 127. The number of hydrogen-bond donors (Lipinski definition) is 3. The van der Waals surface area contributed by atoms with Crippen LogP contribution in [0.15, 0.2) is 35.3 Å². The van der Waals surface area contributed by atoms with Crippen molar-refractivity contribution >= 4 is 40.0 Å². The van der Waals surface area contributed by atoms with Crippen molar-refractivity contribution in [2.75, 3.05) is 25.9 Å². The van der Waals surface area contributed by atoms with Crippen molar-refractivity contribution in [3.8, 4) is 0 Å². The molecule has 6 nitrogen and oxygen atoms in total. The molecular weight excluding hydrogens is 415 g/mol. The van der Waals surface area contributed by atoms with Gasteiger partial charge in [-0.05, 0) is 18.9 Å². The van der Waals surface area contributed by atoms with E-state index in [1.165, 1.54) is 5.56 Å². The van der Waals surface area contributed by atoms with E-state index in [2.05, 4.69) is 20.3 Å². The third-order valence-electron chi connectivity index (χ3n) is 2.87. The van der Waals surface area contributed by atoms with Gasteiger partial charge in [0, 0.05) is 26.7 Å². The quantitative estimate of drug-likeness (QED) is 0.246. The monoisotopic (exact) mass is 440 g/mol. The van der Waals surface area contributed by atoms with Crippen LogP contribution in [0.5, 0.6) is 0 Å². The van der Waals surface area contributed by atoms with Crippen molar-refractivity contribution in [1.29, 1.82) is 0 Å². The van der Waals surface area contributed by atoms with Gasteiger partial charge in [-0.1, -0.05) is 30.3 Å². The molecule has 3 N–H and O–H groups in total. The molecule has 0 aromatic heterocycles. The van der Waals surface area contributed by atoms with Crippen molar-refractivity contribution in [3.05, 3.63) is 35.9 Å². The maximum atomic E-state index is 11.2. The topological polar surface area (TPSA) is 82.6 Å². The van der Waals surface area contributed by atoms with Gasteiger partial charge in [-0.3, -0.25) is 4.99 Å². The molecule has 0 saturated heterocycles. The van der Waals surface area contributed by atoms with E-state index in [4.69, 9.17) is 0 Å². The third kappa shape index (κ3) is 9.21. The molecule has 0 unspecified atom stereocenters. The summed E-state index contributed by atoms with van der Waals surface area (Å²) in [6.45, 7) is 3.40. The van der Waals surface area contributed by atoms with Gasteiger partial charge in [0.2, 0.25) is 10.0 Å². The highest BCUT2D eigenvalue weighted by molar-refractivity contribution is 14.0. The average molecular weight is 440 g/mol. The lowest BCUT2D eigenvalue weighted by Crippen LogP contribution is -2.38. The highest BCUT2D eigenvalue weighted by Gasteiger charge is 2.04. The molecule has 0 bridgehead atoms. The van der Waals surface area contributed by atoms with Gasteiger partial charge in [-0.2, -0.15) is 0 Å². The van der Waals surface area contributed by atoms with Crippen molar-refractivity contribution in [2.45, 2.75) is 19.9 Å². The molecule has 0 heterocycles. The summed E-state index contributed by atoms with van der Waals surface area (Å²) in [5, 5.41) is 6.35. The molecule has 126 valence electrons. The van der Waals surface area contributed by atoms with Crippen molar-refractivity contribution in [1.82, 2.24) is 15.4 Å². The molecule has 0 aliphatic rings. The Labute approximate surface area is 150 Å². The molecule has 0 radical (unpaired) electrons. The summed E-state index contributed by atoms with van der Waals surface area (Å²) in [5.41, 5.74) is 1.18. The highest BCUT2D eigenvalue weighted by Crippen LogP contribution is 1.96. The molecule has 0 aliphatic carbocycles. The molecule has 1 rings (SSSR count). The van der Waals surface area contributed by atoms with Crippen LogP contribution in [0.3, 0.4) is 0 Å². The second-order valence-electron chi connectivity index (χ2n) is 4.49. The fourth-order valence-electron chi connectivity index (χ4n) is 1.63. The van der Waals surface area contributed by atoms with Crippen LogP contribution in [0.1, 0.15) is 18.9 Å². The van der Waals surface area contributed by atoms with Gasteiger partial charge >= 0.3 is 0 Å². The Hall–Kier alpha value is -0.870. The summed E-state index contributed by atoms with van der Waals surface area (Å²) in [6.07, 6.45) is 0.700. The molecule has 0 spiro atoms. The number of sulfonamides is 1. The number of guanidine groups is 1. The first-order valence-corrected chi connectivity index (χ1v) is 8.68. The maximum Gasteiger partial charge on any atom is 0.211 e. The van der Waals surface area contributed by atoms with E-state index in [0.717, 1.165) is 0 Å². The summed E-state index contributed by atoms with van der Waals surface area (Å²) < 4.78 is 25.0. The zero-order valence-corrected chi connectivity index (χ0v) is 16.1. The minimum atomic E-state index is -3.10. The first-order chi connectivity index (χ1) is 10.1. The number of rotatable bonds is 8. The number of hydrogen-bond acceptors (Lipinski definition) is 3. The summed E-state index contributed by atoms with van der Waals surface area (Å²) in [6, 6.07) is 10.0. The Kier molecular flexibility index (Phi) is 11.2. The van der Waals surface area contributed by atoms with Crippen LogP contribution >= 0.6 is 24.0 Å². The van der Waals surface area contributed by atoms with E-state index in [0.29, 0.717) is 32.0 Å². The van der Waals surface area contributed by atoms with Crippen molar-refractivity contribution in [3.63, 3.8) is 0 Å². The van der Waals surface area contributed by atoms with E-state index in [1.807, 2.05) is 30.3 Å². The Balaban J connectivity index is 0.00000441. The summed E-state index contributed by atoms with van der Waals surface area (Å²) in [5.74, 6) is 0.818. The third-order valence-corrected chi connectivity index (χ3v) is 4.28. The molecular formula is C14H25IN4O2S. The minimum absolute atomic E-state index is 0. The molecule has 8 heteroatoms. The second-order valence-corrected chi connectivity index (χ2v) is 6.58. The largest absolute Gasteiger partial charge is 0.356 e. The van der Waals surface area contributed by atoms with Crippen LogP contribution in [-0.4, -0.2) is 40.3 Å². The first kappa shape index (κ1) is 21.1. The van der Waals surface area contributed by atoms with Gasteiger partial charge in [0.25, 0.3) is 0 Å². The Morgan fingerprint density at radius 1 is 1.14 bits per heavy atom. The van der Waals surface area contributed by atoms with E-state index in [9.17, 15) is 8.42 Å². The number of aliphatic imine (C=N–C) groups is 1. The Bertz CT molecular complexity index is 535. The van der Waals surface area contributed by atoms with Crippen molar-refractivity contribution in [2.24, 2.45) is 4.99 Å². The SMILES string of the molecule is CCS(=O)(=O)NCCCNC(=NC)NCc1ccccc1.I. The Morgan fingerprint density at radius 3 is 2.41 bits per heavy atom. The normalized spacial score (nSPS) is 11.6. The predicted molar refractivity (Wildman–Crippen MR) is 102 cm³/mol. The first-order valence-electron chi connectivity index (χ1n) is 7.03. The molecule has 0 aliphatic heterocycles. The second kappa shape index (κ2) is 11.7. The summed E-state index contributed by atoms with van der Waals surface area (Å²) in [7, 11) is -1.39. The van der Waals surface area contributed by atoms with Crippen molar-refractivity contribution < 1.29 is 8.42 Å². The Morgan fingerprint density at radius 2 is 1.82 bits per heavy atom.